The van der Waals surface area contributed by atoms with E-state index in [9.17, 15) is 8.78 Å². The highest BCUT2D eigenvalue weighted by atomic mass is 19.3. The van der Waals surface area contributed by atoms with Crippen LogP contribution in [-0.2, 0) is 12.3 Å². The van der Waals surface area contributed by atoms with E-state index in [1.165, 1.54) is 0 Å². The summed E-state index contributed by atoms with van der Waals surface area (Å²) in [6.07, 6.45) is 1.17. The lowest BCUT2D eigenvalue weighted by molar-refractivity contribution is -0.00593. The van der Waals surface area contributed by atoms with Crippen LogP contribution in [0, 0.1) is 0 Å². The molecule has 1 aliphatic carbocycles. The largest absolute Gasteiger partial charge is 0.497 e. The Balaban J connectivity index is 1.85. The van der Waals surface area contributed by atoms with Crippen LogP contribution in [0.5, 0.6) is 5.75 Å². The molecule has 6 heteroatoms. The summed E-state index contributed by atoms with van der Waals surface area (Å²) >= 11 is 0. The molecule has 0 bridgehead atoms. The number of hydrogen-bond acceptors (Lipinski definition) is 4. The van der Waals surface area contributed by atoms with Crippen LogP contribution in [0.1, 0.15) is 24.1 Å². The predicted octanol–water partition coefficient (Wildman–Crippen LogP) is 3.40. The second-order valence-electron chi connectivity index (χ2n) is 5.97. The van der Waals surface area contributed by atoms with Crippen molar-refractivity contribution >= 4 is 5.95 Å². The van der Waals surface area contributed by atoms with Crippen LogP contribution in [0.15, 0.2) is 24.3 Å². The molecule has 2 heterocycles. The van der Waals surface area contributed by atoms with Gasteiger partial charge in [-0.15, -0.1) is 0 Å². The van der Waals surface area contributed by atoms with Crippen molar-refractivity contribution in [1.82, 2.24) is 9.97 Å². The second kappa shape index (κ2) is 5.15. The zero-order valence-corrected chi connectivity index (χ0v) is 12.9. The maximum Gasteiger partial charge on any atom is 0.290 e. The number of hydrogen-bond donors (Lipinski definition) is 0. The number of benzene rings is 1. The number of alkyl halides is 2. The molecule has 0 atom stereocenters. The lowest BCUT2D eigenvalue weighted by Crippen LogP contribution is -2.38. The fourth-order valence-corrected chi connectivity index (χ4v) is 3.06. The molecule has 1 aliphatic heterocycles. The molecule has 23 heavy (non-hydrogen) atoms. The predicted molar refractivity (Wildman–Crippen MR) is 83.1 cm³/mol. The molecule has 0 radical (unpaired) electrons. The van der Waals surface area contributed by atoms with E-state index in [0.29, 0.717) is 23.6 Å². The number of halogens is 2. The van der Waals surface area contributed by atoms with Gasteiger partial charge < -0.3 is 9.64 Å². The van der Waals surface area contributed by atoms with E-state index in [1.54, 1.807) is 7.11 Å². The standard InChI is InChI=1S/C17H17F2N3O/c1-23-12-5-3-11(4-6-12)14-13-7-8-17(18,19)15(13)21-16(20-14)22-9-2-10-22/h3-6H,2,7-10H2,1H3. The summed E-state index contributed by atoms with van der Waals surface area (Å²) in [4.78, 5) is 10.7. The third kappa shape index (κ3) is 2.33. The van der Waals surface area contributed by atoms with E-state index in [2.05, 4.69) is 9.97 Å². The van der Waals surface area contributed by atoms with Gasteiger partial charge in [0.1, 0.15) is 11.4 Å². The van der Waals surface area contributed by atoms with Crippen LogP contribution in [-0.4, -0.2) is 30.2 Å². The first-order valence-electron chi connectivity index (χ1n) is 7.77. The van der Waals surface area contributed by atoms with Crippen molar-refractivity contribution in [2.45, 2.75) is 25.2 Å². The first-order chi connectivity index (χ1) is 11.1. The summed E-state index contributed by atoms with van der Waals surface area (Å²) in [6.45, 7) is 1.65. The number of aromatic nitrogens is 2. The molecule has 1 aromatic carbocycles. The quantitative estimate of drug-likeness (QED) is 0.869. The Bertz CT molecular complexity index is 742. The monoisotopic (exact) mass is 317 g/mol. The van der Waals surface area contributed by atoms with Crippen molar-refractivity contribution in [2.24, 2.45) is 0 Å². The minimum atomic E-state index is -2.86. The number of methoxy groups -OCH3 is 1. The summed E-state index contributed by atoms with van der Waals surface area (Å²) in [6, 6.07) is 7.36. The first kappa shape index (κ1) is 14.4. The minimum absolute atomic E-state index is 0.0970. The molecule has 4 nitrogen and oxygen atoms in total. The van der Waals surface area contributed by atoms with E-state index in [4.69, 9.17) is 4.74 Å². The maximum atomic E-state index is 14.2. The van der Waals surface area contributed by atoms with Crippen LogP contribution in [0.25, 0.3) is 11.3 Å². The van der Waals surface area contributed by atoms with Crippen molar-refractivity contribution in [3.8, 4) is 17.0 Å². The molecule has 2 aliphatic rings. The molecule has 4 rings (SSSR count). The number of fused-ring (bicyclic) bond motifs is 1. The smallest absolute Gasteiger partial charge is 0.290 e. The van der Waals surface area contributed by atoms with Gasteiger partial charge in [0.05, 0.1) is 12.8 Å². The molecule has 0 spiro atoms. The van der Waals surface area contributed by atoms with Crippen LogP contribution in [0.2, 0.25) is 0 Å². The van der Waals surface area contributed by atoms with Crippen molar-refractivity contribution in [1.29, 1.82) is 0 Å². The zero-order chi connectivity index (χ0) is 16.0. The topological polar surface area (TPSA) is 38.2 Å². The first-order valence-corrected chi connectivity index (χ1v) is 7.77. The Hall–Kier alpha value is -2.24. The molecular weight excluding hydrogens is 300 g/mol. The van der Waals surface area contributed by atoms with Gasteiger partial charge in [0.25, 0.3) is 5.92 Å². The summed E-state index contributed by atoms with van der Waals surface area (Å²) in [5.74, 6) is -1.71. The van der Waals surface area contributed by atoms with Crippen LogP contribution in [0.4, 0.5) is 14.7 Å². The van der Waals surface area contributed by atoms with Crippen LogP contribution in [0.3, 0.4) is 0 Å². The van der Waals surface area contributed by atoms with Crippen LogP contribution < -0.4 is 9.64 Å². The molecule has 120 valence electrons. The third-order valence-corrected chi connectivity index (χ3v) is 4.53. The van der Waals surface area contributed by atoms with Crippen molar-refractivity contribution in [2.75, 3.05) is 25.1 Å². The Morgan fingerprint density at radius 2 is 1.87 bits per heavy atom. The molecule has 0 N–H and O–H groups in total. The van der Waals surface area contributed by atoms with E-state index < -0.39 is 5.92 Å². The molecule has 1 fully saturated rings. The average Bonchev–Trinajstić information content (AvgIpc) is 2.81. The van der Waals surface area contributed by atoms with Gasteiger partial charge in [-0.3, -0.25) is 0 Å². The maximum absolute atomic E-state index is 14.2. The normalized spacial score (nSPS) is 18.5. The van der Waals surface area contributed by atoms with Gasteiger partial charge in [-0.25, -0.2) is 9.97 Å². The van der Waals surface area contributed by atoms with Crippen molar-refractivity contribution < 1.29 is 13.5 Å². The van der Waals surface area contributed by atoms with E-state index >= 15 is 0 Å². The summed E-state index contributed by atoms with van der Waals surface area (Å²) in [5.41, 5.74) is 1.92. The van der Waals surface area contributed by atoms with Gasteiger partial charge >= 0.3 is 0 Å². The third-order valence-electron chi connectivity index (χ3n) is 4.53. The van der Waals surface area contributed by atoms with E-state index in [-0.39, 0.29) is 12.1 Å². The van der Waals surface area contributed by atoms with Gasteiger partial charge in [0.2, 0.25) is 5.95 Å². The van der Waals surface area contributed by atoms with Gasteiger partial charge in [0.15, 0.2) is 0 Å². The molecule has 1 saturated heterocycles. The molecule has 0 unspecified atom stereocenters. The van der Waals surface area contributed by atoms with Gasteiger partial charge in [-0.2, -0.15) is 8.78 Å². The Kier molecular flexibility index (Phi) is 3.21. The molecule has 1 aromatic heterocycles. The summed E-state index contributed by atoms with van der Waals surface area (Å²) in [7, 11) is 1.60. The summed E-state index contributed by atoms with van der Waals surface area (Å²) in [5, 5.41) is 0. The minimum Gasteiger partial charge on any atom is -0.497 e. The van der Waals surface area contributed by atoms with Crippen LogP contribution >= 0.6 is 0 Å². The highest BCUT2D eigenvalue weighted by Gasteiger charge is 2.43. The number of ether oxygens (including phenoxy) is 1. The van der Waals surface area contributed by atoms with Crippen molar-refractivity contribution in [3.63, 3.8) is 0 Å². The molecule has 0 saturated carbocycles. The average molecular weight is 317 g/mol. The fourth-order valence-electron chi connectivity index (χ4n) is 3.06. The Labute approximate surface area is 133 Å². The zero-order valence-electron chi connectivity index (χ0n) is 12.9. The van der Waals surface area contributed by atoms with Crippen molar-refractivity contribution in [3.05, 3.63) is 35.5 Å². The Morgan fingerprint density at radius 3 is 2.48 bits per heavy atom. The number of nitrogens with zero attached hydrogens (tertiary/aromatic N) is 3. The van der Waals surface area contributed by atoms with Gasteiger partial charge in [0, 0.05) is 30.6 Å². The number of anilines is 1. The Morgan fingerprint density at radius 1 is 1.13 bits per heavy atom. The molecule has 0 amide bonds. The highest BCUT2D eigenvalue weighted by molar-refractivity contribution is 5.67. The molecule has 2 aromatic rings. The van der Waals surface area contributed by atoms with Gasteiger partial charge in [-0.05, 0) is 37.1 Å². The SMILES string of the molecule is COc1ccc(-c2nc(N3CCC3)nc3c2CCC3(F)F)cc1. The number of rotatable bonds is 3. The fraction of sp³-hybridized carbons (Fsp3) is 0.412. The lowest BCUT2D eigenvalue weighted by atomic mass is 10.0. The second-order valence-corrected chi connectivity index (χ2v) is 5.97. The van der Waals surface area contributed by atoms with E-state index in [0.717, 1.165) is 30.8 Å². The summed E-state index contributed by atoms with van der Waals surface area (Å²) < 4.78 is 33.5. The highest BCUT2D eigenvalue weighted by Crippen LogP contribution is 2.44. The lowest BCUT2D eigenvalue weighted by Gasteiger charge is -2.31. The van der Waals surface area contributed by atoms with Gasteiger partial charge in [-0.1, -0.05) is 0 Å². The van der Waals surface area contributed by atoms with E-state index in [1.807, 2.05) is 29.2 Å². The molecular formula is C17H17F2N3O.